The molecule has 0 aliphatic carbocycles. The number of benzene rings is 2. The minimum Gasteiger partial charge on any atom is -0.354 e. The Kier molecular flexibility index (Phi) is 8.42. The molecule has 152 valence electrons. The highest BCUT2D eigenvalue weighted by Crippen LogP contribution is 2.30. The fourth-order valence-electron chi connectivity index (χ4n) is 2.30. The van der Waals surface area contributed by atoms with Crippen molar-refractivity contribution in [1.82, 2.24) is 5.32 Å². The molecule has 0 radical (unpaired) electrons. The number of rotatable bonds is 9. The second-order valence-corrected chi connectivity index (χ2v) is 9.71. The minimum absolute atomic E-state index is 0.140. The highest BCUT2D eigenvalue weighted by Gasteiger charge is 2.23. The number of thioether (sulfide) groups is 1. The summed E-state index contributed by atoms with van der Waals surface area (Å²) in [5.41, 5.74) is 0.735. The van der Waals surface area contributed by atoms with Gasteiger partial charge in [-0.05, 0) is 29.8 Å². The Morgan fingerprint density at radius 1 is 1.21 bits per heavy atom. The van der Waals surface area contributed by atoms with Gasteiger partial charge in [0.1, 0.15) is 12.4 Å². The first-order valence-electron chi connectivity index (χ1n) is 8.19. The van der Waals surface area contributed by atoms with E-state index in [0.29, 0.717) is 28.6 Å². The molecule has 2 aromatic rings. The molecule has 1 amide bonds. The van der Waals surface area contributed by atoms with Gasteiger partial charge < -0.3 is 5.32 Å². The van der Waals surface area contributed by atoms with E-state index in [-0.39, 0.29) is 16.5 Å². The summed E-state index contributed by atoms with van der Waals surface area (Å²) < 4.78 is 38.6. The zero-order valence-electron chi connectivity index (χ0n) is 15.0. The van der Waals surface area contributed by atoms with Gasteiger partial charge >= 0.3 is 0 Å². The molecule has 0 saturated carbocycles. The molecule has 28 heavy (non-hydrogen) atoms. The predicted octanol–water partition coefficient (Wildman–Crippen LogP) is 3.95. The van der Waals surface area contributed by atoms with Crippen LogP contribution in [-0.4, -0.2) is 39.4 Å². The molecule has 0 bridgehead atoms. The first-order valence-corrected chi connectivity index (χ1v) is 11.9. The number of nitrogens with one attached hydrogen (secondary N) is 1. The second-order valence-electron chi connectivity index (χ2n) is 5.86. The van der Waals surface area contributed by atoms with Crippen LogP contribution in [-0.2, 0) is 20.6 Å². The number of carbonyl (C=O) groups is 1. The number of anilines is 1. The van der Waals surface area contributed by atoms with Gasteiger partial charge in [0.05, 0.1) is 17.0 Å². The summed E-state index contributed by atoms with van der Waals surface area (Å²) in [4.78, 5) is 12.2. The highest BCUT2D eigenvalue weighted by atomic mass is 35.5. The largest absolute Gasteiger partial charge is 0.354 e. The van der Waals surface area contributed by atoms with Crippen LogP contribution < -0.4 is 9.62 Å². The number of amides is 1. The second kappa shape index (κ2) is 10.3. The Morgan fingerprint density at radius 3 is 2.61 bits per heavy atom. The van der Waals surface area contributed by atoms with Crippen LogP contribution in [0.5, 0.6) is 0 Å². The van der Waals surface area contributed by atoms with Gasteiger partial charge in [-0.1, -0.05) is 41.4 Å². The summed E-state index contributed by atoms with van der Waals surface area (Å²) in [6.45, 7) is -0.101. The molecule has 1 N–H and O–H groups in total. The number of halogens is 3. The fraction of sp³-hybridized carbons (Fsp3) is 0.278. The molecule has 0 aromatic heterocycles. The van der Waals surface area contributed by atoms with Crippen molar-refractivity contribution in [3.63, 3.8) is 0 Å². The molecule has 0 fully saturated rings. The third-order valence-corrected chi connectivity index (χ3v) is 6.34. The maximum atomic E-state index is 13.5. The molecule has 2 rings (SSSR count). The van der Waals surface area contributed by atoms with Crippen LogP contribution in [0.4, 0.5) is 10.1 Å². The normalized spacial score (nSPS) is 11.3. The van der Waals surface area contributed by atoms with Crippen molar-refractivity contribution in [2.75, 3.05) is 29.4 Å². The predicted molar refractivity (Wildman–Crippen MR) is 114 cm³/mol. The summed E-state index contributed by atoms with van der Waals surface area (Å²) >= 11 is 13.4. The van der Waals surface area contributed by atoms with Gasteiger partial charge in [0.15, 0.2) is 0 Å². The number of carbonyl (C=O) groups excluding carboxylic acids is 1. The molecular weight excluding hydrogens is 446 g/mol. The van der Waals surface area contributed by atoms with Gasteiger partial charge in [-0.3, -0.25) is 9.10 Å². The molecule has 2 aromatic carbocycles. The summed E-state index contributed by atoms with van der Waals surface area (Å²) in [6, 6.07) is 10.9. The standard InChI is InChI=1S/C18H19Cl2FN2O3S2/c1-28(25,26)23(17-10-14(19)6-7-15(17)20)11-18(24)22-8-9-27-12-13-4-2-3-5-16(13)21/h2-7,10H,8-9,11-12H2,1H3,(H,22,24). The van der Waals surface area contributed by atoms with Crippen LogP contribution in [0.15, 0.2) is 42.5 Å². The van der Waals surface area contributed by atoms with Crippen molar-refractivity contribution in [2.24, 2.45) is 0 Å². The van der Waals surface area contributed by atoms with E-state index < -0.39 is 22.5 Å². The van der Waals surface area contributed by atoms with Gasteiger partial charge in [0, 0.05) is 23.1 Å². The van der Waals surface area contributed by atoms with Crippen molar-refractivity contribution in [2.45, 2.75) is 5.75 Å². The molecule has 0 atom stereocenters. The topological polar surface area (TPSA) is 66.5 Å². The maximum absolute atomic E-state index is 13.5. The maximum Gasteiger partial charge on any atom is 0.240 e. The lowest BCUT2D eigenvalue weighted by atomic mass is 10.2. The molecule has 0 unspecified atom stereocenters. The highest BCUT2D eigenvalue weighted by molar-refractivity contribution is 7.98. The van der Waals surface area contributed by atoms with E-state index in [0.717, 1.165) is 10.6 Å². The Morgan fingerprint density at radius 2 is 1.93 bits per heavy atom. The smallest absolute Gasteiger partial charge is 0.240 e. The van der Waals surface area contributed by atoms with Gasteiger partial charge in [-0.25, -0.2) is 12.8 Å². The van der Waals surface area contributed by atoms with Gasteiger partial charge in [0.25, 0.3) is 0 Å². The Labute approximate surface area is 178 Å². The Bertz CT molecular complexity index is 942. The molecule has 0 spiro atoms. The summed E-state index contributed by atoms with van der Waals surface area (Å²) in [6.07, 6.45) is 0.988. The Balaban J connectivity index is 1.89. The van der Waals surface area contributed by atoms with Crippen molar-refractivity contribution < 1.29 is 17.6 Å². The fourth-order valence-corrected chi connectivity index (χ4v) is 4.45. The lowest BCUT2D eigenvalue weighted by molar-refractivity contribution is -0.119. The molecule has 10 heteroatoms. The SMILES string of the molecule is CS(=O)(=O)N(CC(=O)NCCSCc1ccccc1F)c1cc(Cl)ccc1Cl. The van der Waals surface area contributed by atoms with Crippen LogP contribution in [0, 0.1) is 5.82 Å². The third-order valence-electron chi connectivity index (χ3n) is 3.65. The van der Waals surface area contributed by atoms with Gasteiger partial charge in [0.2, 0.25) is 15.9 Å². The summed E-state index contributed by atoms with van der Waals surface area (Å²) in [5.74, 6) is 0.293. The van der Waals surface area contributed by atoms with Gasteiger partial charge in [-0.15, -0.1) is 0 Å². The van der Waals surface area contributed by atoms with Crippen molar-refractivity contribution in [3.8, 4) is 0 Å². The van der Waals surface area contributed by atoms with Crippen LogP contribution in [0.25, 0.3) is 0 Å². The van der Waals surface area contributed by atoms with E-state index >= 15 is 0 Å². The van der Waals surface area contributed by atoms with Crippen LogP contribution >= 0.6 is 35.0 Å². The van der Waals surface area contributed by atoms with Crippen LogP contribution in [0.1, 0.15) is 5.56 Å². The monoisotopic (exact) mass is 464 g/mol. The number of hydrogen-bond donors (Lipinski definition) is 1. The first-order chi connectivity index (χ1) is 13.2. The van der Waals surface area contributed by atoms with Crippen molar-refractivity contribution in [3.05, 3.63) is 63.9 Å². The van der Waals surface area contributed by atoms with Crippen molar-refractivity contribution >= 4 is 56.6 Å². The van der Waals surface area contributed by atoms with E-state index in [1.165, 1.54) is 36.0 Å². The zero-order chi connectivity index (χ0) is 20.7. The van der Waals surface area contributed by atoms with E-state index in [1.54, 1.807) is 18.2 Å². The van der Waals surface area contributed by atoms with E-state index in [4.69, 9.17) is 23.2 Å². The average Bonchev–Trinajstić information content (AvgIpc) is 2.62. The molecule has 0 aliphatic rings. The minimum atomic E-state index is -3.75. The summed E-state index contributed by atoms with van der Waals surface area (Å²) in [5, 5.41) is 3.13. The molecule has 5 nitrogen and oxygen atoms in total. The quantitative estimate of drug-likeness (QED) is 0.570. The first kappa shape index (κ1) is 22.8. The van der Waals surface area contributed by atoms with E-state index in [9.17, 15) is 17.6 Å². The summed E-state index contributed by atoms with van der Waals surface area (Å²) in [7, 11) is -3.75. The van der Waals surface area contributed by atoms with E-state index in [1.807, 2.05) is 0 Å². The molecule has 0 saturated heterocycles. The third kappa shape index (κ3) is 6.84. The lowest BCUT2D eigenvalue weighted by Crippen LogP contribution is -2.41. The number of sulfonamides is 1. The van der Waals surface area contributed by atoms with Crippen LogP contribution in [0.2, 0.25) is 10.0 Å². The molecular formula is C18H19Cl2FN2O3S2. The Hall–Kier alpha value is -1.48. The average molecular weight is 465 g/mol. The zero-order valence-corrected chi connectivity index (χ0v) is 18.1. The number of hydrogen-bond acceptors (Lipinski definition) is 4. The number of nitrogens with zero attached hydrogens (tertiary/aromatic N) is 1. The molecule has 0 aliphatic heterocycles. The molecule has 0 heterocycles. The van der Waals surface area contributed by atoms with E-state index in [2.05, 4.69) is 5.32 Å². The van der Waals surface area contributed by atoms with Crippen molar-refractivity contribution in [1.29, 1.82) is 0 Å². The van der Waals surface area contributed by atoms with Crippen LogP contribution in [0.3, 0.4) is 0 Å². The van der Waals surface area contributed by atoms with Gasteiger partial charge in [-0.2, -0.15) is 11.8 Å². The lowest BCUT2D eigenvalue weighted by Gasteiger charge is -2.23.